The average molecular weight is 1040 g/mol. The zero-order chi connectivity index (χ0) is 50.3. The first-order valence-electron chi connectivity index (χ1n) is 29.5. The number of rotatable bonds is 54. The third-order valence-electron chi connectivity index (χ3n) is 13.5. The van der Waals surface area contributed by atoms with Gasteiger partial charge < -0.3 is 9.11 Å². The van der Waals surface area contributed by atoms with Gasteiger partial charge in [-0.05, 0) is 38.5 Å². The van der Waals surface area contributed by atoms with Gasteiger partial charge in [-0.3, -0.25) is 8.37 Å². The van der Waals surface area contributed by atoms with Gasteiger partial charge in [-0.25, -0.2) is 16.8 Å². The Morgan fingerprint density at radius 1 is 0.319 bits per heavy atom. The minimum atomic E-state index is -4.60. The molecule has 69 heavy (non-hydrogen) atoms. The Bertz CT molecular complexity index is 1160. The van der Waals surface area contributed by atoms with Gasteiger partial charge in [0, 0.05) is 11.8 Å². The summed E-state index contributed by atoms with van der Waals surface area (Å²) in [6.45, 7) is 8.86. The van der Waals surface area contributed by atoms with Crippen molar-refractivity contribution in [3.8, 4) is 0 Å². The molecule has 0 aliphatic heterocycles. The van der Waals surface area contributed by atoms with E-state index in [1.807, 2.05) is 0 Å². The molecule has 0 N–H and O–H groups in total. The fourth-order valence-electron chi connectivity index (χ4n) is 9.03. The molecule has 0 aromatic carbocycles. The summed E-state index contributed by atoms with van der Waals surface area (Å²) in [6, 6.07) is 0. The molecule has 0 amide bonds. The molecular formula is C58H114CaO8S2. The predicted octanol–water partition coefficient (Wildman–Crippen LogP) is 18.9. The molecule has 0 aromatic rings. The van der Waals surface area contributed by atoms with E-state index in [4.69, 9.17) is 0 Å². The molecule has 0 aliphatic rings. The molecule has 408 valence electrons. The van der Waals surface area contributed by atoms with Crippen LogP contribution in [0.4, 0.5) is 0 Å². The van der Waals surface area contributed by atoms with Crippen LogP contribution in [0.15, 0.2) is 24.3 Å². The summed E-state index contributed by atoms with van der Waals surface area (Å²) in [5, 5.41) is 0. The minimum absolute atomic E-state index is 0. The molecule has 2 atom stereocenters. The van der Waals surface area contributed by atoms with Gasteiger partial charge in [-0.2, -0.15) is 0 Å². The summed E-state index contributed by atoms with van der Waals surface area (Å²) < 4.78 is 73.6. The molecule has 0 fully saturated rings. The van der Waals surface area contributed by atoms with E-state index in [0.717, 1.165) is 51.4 Å². The van der Waals surface area contributed by atoms with E-state index in [1.54, 1.807) is 0 Å². The normalized spacial score (nSPS) is 13.0. The monoisotopic (exact) mass is 1040 g/mol. The third-order valence-corrected chi connectivity index (χ3v) is 14.3. The van der Waals surface area contributed by atoms with Crippen LogP contribution in [0.3, 0.4) is 0 Å². The zero-order valence-electron chi connectivity index (χ0n) is 46.2. The van der Waals surface area contributed by atoms with E-state index in [9.17, 15) is 25.9 Å². The van der Waals surface area contributed by atoms with Crippen LogP contribution in [-0.4, -0.2) is 76.9 Å². The molecule has 0 heterocycles. The van der Waals surface area contributed by atoms with Crippen molar-refractivity contribution < 1.29 is 34.3 Å². The predicted molar refractivity (Wildman–Crippen MR) is 297 cm³/mol. The molecule has 2 unspecified atom stereocenters. The fourth-order valence-corrected chi connectivity index (χ4v) is 9.71. The molecule has 0 radical (unpaired) electrons. The van der Waals surface area contributed by atoms with Crippen LogP contribution in [0.5, 0.6) is 0 Å². The smallest absolute Gasteiger partial charge is 0.726 e. The first-order valence-corrected chi connectivity index (χ1v) is 32.2. The van der Waals surface area contributed by atoms with Crippen LogP contribution in [0.1, 0.15) is 323 Å². The molecule has 0 bridgehead atoms. The maximum absolute atomic E-state index is 10.8. The Morgan fingerprint density at radius 3 is 0.710 bits per heavy atom. The van der Waals surface area contributed by atoms with E-state index in [1.165, 1.54) is 244 Å². The molecule has 0 saturated heterocycles. The summed E-state index contributed by atoms with van der Waals surface area (Å²) in [7, 11) is -9.20. The fraction of sp³-hybridized carbons (Fsp3) is 0.931. The molecule has 0 aromatic heterocycles. The topological polar surface area (TPSA) is 133 Å². The number of unbranched alkanes of at least 4 members (excludes halogenated alkanes) is 40. The van der Waals surface area contributed by atoms with E-state index in [-0.39, 0.29) is 62.8 Å². The first kappa shape index (κ1) is 73.7. The second kappa shape index (κ2) is 59.4. The van der Waals surface area contributed by atoms with Crippen LogP contribution in [0.25, 0.3) is 0 Å². The molecule has 0 rings (SSSR count). The molecule has 0 aliphatic carbocycles. The van der Waals surface area contributed by atoms with Crippen molar-refractivity contribution >= 4 is 58.5 Å². The Labute approximate surface area is 461 Å². The van der Waals surface area contributed by atoms with Crippen LogP contribution in [-0.2, 0) is 29.2 Å². The SMILES string of the molecule is CCCCCCCCCCCCCCCCCCC/C=C/C(CCCCCC)COS(=O)(=O)[O-].CCCCCCCCCCCCCCCCCCC/C=C/C(CCCCCC)COS(=O)(=O)[O-].[Ca+2]. The number of allylic oxidation sites excluding steroid dienone is 2. The van der Waals surface area contributed by atoms with Crippen LogP contribution in [0, 0.1) is 11.8 Å². The van der Waals surface area contributed by atoms with E-state index in [2.05, 4.69) is 60.4 Å². The van der Waals surface area contributed by atoms with Crippen molar-refractivity contribution in [3.05, 3.63) is 24.3 Å². The maximum Gasteiger partial charge on any atom is 2.00 e. The van der Waals surface area contributed by atoms with E-state index >= 15 is 0 Å². The summed E-state index contributed by atoms with van der Waals surface area (Å²) in [6.07, 6.45) is 68.2. The minimum Gasteiger partial charge on any atom is -0.726 e. The molecular weight excluding hydrogens is 929 g/mol. The van der Waals surface area contributed by atoms with Gasteiger partial charge in [0.05, 0.1) is 13.2 Å². The Kier molecular flexibility index (Phi) is 63.4. The summed E-state index contributed by atoms with van der Waals surface area (Å²) in [5.41, 5.74) is 0. The standard InChI is InChI=1S/2C29H58O4S.Ca/c2*1-3-5-7-9-10-11-12-13-14-15-16-17-18-19-20-21-22-23-25-27-29(26-24-8-6-4-2)28-33-34(30,31)32;/h2*25,27,29H,3-24,26,28H2,1-2H3,(H,30,31,32);/q;;+2/p-2/b2*27-25+;. The quantitative estimate of drug-likeness (QED) is 0.0193. The van der Waals surface area contributed by atoms with Gasteiger partial charge in [0.1, 0.15) is 0 Å². The maximum atomic E-state index is 10.8. The van der Waals surface area contributed by atoms with Gasteiger partial charge in [-0.15, -0.1) is 0 Å². The van der Waals surface area contributed by atoms with Crippen LogP contribution < -0.4 is 0 Å². The summed E-state index contributed by atoms with van der Waals surface area (Å²) in [4.78, 5) is 0. The van der Waals surface area contributed by atoms with Crippen molar-refractivity contribution in [2.45, 2.75) is 323 Å². The average Bonchev–Trinajstić information content (AvgIpc) is 3.30. The largest absolute Gasteiger partial charge is 2.00 e. The summed E-state index contributed by atoms with van der Waals surface area (Å²) in [5.74, 6) is 0.0396. The number of hydrogen-bond donors (Lipinski definition) is 0. The van der Waals surface area contributed by atoms with Crippen molar-refractivity contribution in [1.82, 2.24) is 0 Å². The van der Waals surface area contributed by atoms with Gasteiger partial charge in [0.15, 0.2) is 0 Å². The van der Waals surface area contributed by atoms with Crippen molar-refractivity contribution in [2.24, 2.45) is 11.8 Å². The van der Waals surface area contributed by atoms with Gasteiger partial charge in [0.2, 0.25) is 20.8 Å². The Balaban J connectivity index is -0.00000124. The van der Waals surface area contributed by atoms with Gasteiger partial charge in [-0.1, -0.05) is 309 Å². The Hall–Kier alpha value is 0.480. The first-order chi connectivity index (χ1) is 33.0. The van der Waals surface area contributed by atoms with Crippen molar-refractivity contribution in [2.75, 3.05) is 13.2 Å². The third kappa shape index (κ3) is 68.5. The van der Waals surface area contributed by atoms with E-state index < -0.39 is 20.8 Å². The summed E-state index contributed by atoms with van der Waals surface area (Å²) >= 11 is 0. The van der Waals surface area contributed by atoms with Crippen LogP contribution >= 0.6 is 0 Å². The molecule has 11 heteroatoms. The van der Waals surface area contributed by atoms with Crippen molar-refractivity contribution in [3.63, 3.8) is 0 Å². The van der Waals surface area contributed by atoms with Gasteiger partial charge >= 0.3 is 37.7 Å². The van der Waals surface area contributed by atoms with E-state index in [0.29, 0.717) is 0 Å². The second-order valence-electron chi connectivity index (χ2n) is 20.4. The molecule has 8 nitrogen and oxygen atoms in total. The van der Waals surface area contributed by atoms with Gasteiger partial charge in [0.25, 0.3) is 0 Å². The Morgan fingerprint density at radius 2 is 0.507 bits per heavy atom. The van der Waals surface area contributed by atoms with Crippen molar-refractivity contribution in [1.29, 1.82) is 0 Å². The second-order valence-corrected chi connectivity index (χ2v) is 22.5. The molecule has 0 saturated carbocycles. The van der Waals surface area contributed by atoms with Crippen LogP contribution in [0.2, 0.25) is 0 Å². The number of hydrogen-bond acceptors (Lipinski definition) is 8. The zero-order valence-corrected chi connectivity index (χ0v) is 50.0. The molecule has 0 spiro atoms.